The van der Waals surface area contributed by atoms with Gasteiger partial charge < -0.3 is 9.57 Å². The number of carbonyl (C=O) groups excluding carboxylic acids is 3. The third-order valence-corrected chi connectivity index (χ3v) is 7.14. The Morgan fingerprint density at radius 3 is 2.00 bits per heavy atom. The van der Waals surface area contributed by atoms with Gasteiger partial charge in [0.2, 0.25) is 5.78 Å². The number of rotatable bonds is 12. The second-order valence-corrected chi connectivity index (χ2v) is 10.5. The van der Waals surface area contributed by atoms with Crippen molar-refractivity contribution in [3.8, 4) is 0 Å². The van der Waals surface area contributed by atoms with Gasteiger partial charge >= 0.3 is 5.97 Å². The molecule has 0 radical (unpaired) electrons. The number of ether oxygens (including phenoxy) is 1. The van der Waals surface area contributed by atoms with Crippen molar-refractivity contribution in [2.24, 2.45) is 5.16 Å². The molecule has 0 saturated heterocycles. The number of unbranched alkanes of at least 4 members (excludes halogenated alkanes) is 1. The molecule has 0 saturated carbocycles. The monoisotopic (exact) mass is 531 g/mol. The van der Waals surface area contributed by atoms with Gasteiger partial charge in [-0.25, -0.2) is 4.79 Å². The highest BCUT2D eigenvalue weighted by Crippen LogP contribution is 2.29. The van der Waals surface area contributed by atoms with Crippen LogP contribution in [-0.4, -0.2) is 36.0 Å². The van der Waals surface area contributed by atoms with Crippen LogP contribution in [0, 0.1) is 6.92 Å². The van der Waals surface area contributed by atoms with Crippen molar-refractivity contribution in [2.45, 2.75) is 62.3 Å². The van der Waals surface area contributed by atoms with E-state index in [1.807, 2.05) is 74.5 Å². The third-order valence-electron chi connectivity index (χ3n) is 6.13. The molecule has 0 aliphatic carbocycles. The van der Waals surface area contributed by atoms with E-state index in [1.165, 1.54) is 18.9 Å². The number of benzene rings is 3. The smallest absolute Gasteiger partial charge is 0.365 e. The van der Waals surface area contributed by atoms with Gasteiger partial charge in [0, 0.05) is 33.6 Å². The van der Waals surface area contributed by atoms with E-state index in [1.54, 1.807) is 26.0 Å². The van der Waals surface area contributed by atoms with Crippen molar-refractivity contribution < 1.29 is 24.0 Å². The fourth-order valence-corrected chi connectivity index (χ4v) is 4.29. The Morgan fingerprint density at radius 2 is 1.45 bits per heavy atom. The highest BCUT2D eigenvalue weighted by atomic mass is 32.2. The predicted molar refractivity (Wildman–Crippen MR) is 150 cm³/mol. The van der Waals surface area contributed by atoms with Crippen LogP contribution in [0.1, 0.15) is 71.9 Å². The molecule has 3 aromatic carbocycles. The van der Waals surface area contributed by atoms with Gasteiger partial charge in [0.1, 0.15) is 5.71 Å². The van der Waals surface area contributed by atoms with Gasteiger partial charge in [0.05, 0.1) is 0 Å². The summed E-state index contributed by atoms with van der Waals surface area (Å²) >= 11 is 1.53. The van der Waals surface area contributed by atoms with Crippen LogP contribution in [0.15, 0.2) is 87.7 Å². The topological polar surface area (TPSA) is 82.0 Å². The molecule has 3 aromatic rings. The average Bonchev–Trinajstić information content (AvgIpc) is 2.93. The zero-order chi connectivity index (χ0) is 27.7. The SMILES string of the molecule is CCCCC(=NOC(=O)C(C)(C)OC)C(=O)c1ccc(Sc2ccc(C(=O)c3ccccc3C)cc2)cc1. The fourth-order valence-electron chi connectivity index (χ4n) is 3.47. The molecule has 0 aliphatic rings. The number of nitrogens with zero attached hydrogens (tertiary/aromatic N) is 1. The standard InChI is InChI=1S/C31H33NO5S/c1-6-7-12-27(32-37-30(35)31(3,4)36-5)29(34)23-15-19-25(20-16-23)38-24-17-13-22(14-18-24)28(33)26-11-9-8-10-21(26)2/h8-11,13-20H,6-7,12H2,1-5H3. The number of methoxy groups -OCH3 is 1. The van der Waals surface area contributed by atoms with Gasteiger partial charge in [-0.3, -0.25) is 9.59 Å². The Bertz CT molecular complexity index is 1310. The third kappa shape index (κ3) is 7.49. The van der Waals surface area contributed by atoms with Gasteiger partial charge in [-0.2, -0.15) is 0 Å². The zero-order valence-corrected chi connectivity index (χ0v) is 23.3. The van der Waals surface area contributed by atoms with Crippen molar-refractivity contribution in [3.63, 3.8) is 0 Å². The van der Waals surface area contributed by atoms with Crippen LogP contribution in [0.4, 0.5) is 0 Å². The van der Waals surface area contributed by atoms with Crippen LogP contribution in [0.3, 0.4) is 0 Å². The minimum absolute atomic E-state index is 0.000445. The molecule has 7 heteroatoms. The molecular weight excluding hydrogens is 498 g/mol. The average molecular weight is 532 g/mol. The number of hydrogen-bond donors (Lipinski definition) is 0. The number of hydrogen-bond acceptors (Lipinski definition) is 7. The first-order chi connectivity index (χ1) is 18.2. The number of aryl methyl sites for hydroxylation is 1. The van der Waals surface area contributed by atoms with Gasteiger partial charge in [0.15, 0.2) is 11.4 Å². The number of ketones is 2. The van der Waals surface area contributed by atoms with E-state index in [4.69, 9.17) is 9.57 Å². The highest BCUT2D eigenvalue weighted by Gasteiger charge is 2.30. The second kappa shape index (κ2) is 13.3. The molecule has 0 spiro atoms. The maximum atomic E-state index is 13.1. The minimum Gasteiger partial charge on any atom is -0.367 e. The summed E-state index contributed by atoms with van der Waals surface area (Å²) in [7, 11) is 1.41. The van der Waals surface area contributed by atoms with Crippen molar-refractivity contribution in [3.05, 3.63) is 95.1 Å². The van der Waals surface area contributed by atoms with Crippen molar-refractivity contribution in [2.75, 3.05) is 7.11 Å². The maximum absolute atomic E-state index is 13.1. The molecule has 0 amide bonds. The molecule has 0 bridgehead atoms. The summed E-state index contributed by atoms with van der Waals surface area (Å²) in [6.07, 6.45) is 2.01. The lowest BCUT2D eigenvalue weighted by atomic mass is 9.99. The molecule has 0 fully saturated rings. The van der Waals surface area contributed by atoms with E-state index < -0.39 is 11.6 Å². The predicted octanol–water partition coefficient (Wildman–Crippen LogP) is 7.07. The molecule has 0 unspecified atom stereocenters. The quantitative estimate of drug-likeness (QED) is 0.108. The lowest BCUT2D eigenvalue weighted by molar-refractivity contribution is -0.165. The zero-order valence-electron chi connectivity index (χ0n) is 22.4. The molecule has 0 aromatic heterocycles. The normalized spacial score (nSPS) is 11.8. The molecule has 0 aliphatic heterocycles. The van der Waals surface area contributed by atoms with Crippen molar-refractivity contribution >= 4 is 35.0 Å². The lowest BCUT2D eigenvalue weighted by Gasteiger charge is -2.18. The highest BCUT2D eigenvalue weighted by molar-refractivity contribution is 7.99. The van der Waals surface area contributed by atoms with Crippen LogP contribution < -0.4 is 0 Å². The van der Waals surface area contributed by atoms with E-state index in [-0.39, 0.29) is 17.3 Å². The Balaban J connectivity index is 1.69. The van der Waals surface area contributed by atoms with Crippen LogP contribution in [0.25, 0.3) is 0 Å². The van der Waals surface area contributed by atoms with Crippen LogP contribution in [-0.2, 0) is 14.4 Å². The first kappa shape index (κ1) is 29.0. The van der Waals surface area contributed by atoms with E-state index in [9.17, 15) is 14.4 Å². The molecule has 6 nitrogen and oxygen atoms in total. The van der Waals surface area contributed by atoms with Gasteiger partial charge in [0.25, 0.3) is 0 Å². The Labute approximate surface area is 228 Å². The molecule has 3 rings (SSSR count). The summed E-state index contributed by atoms with van der Waals surface area (Å²) in [4.78, 5) is 45.1. The largest absolute Gasteiger partial charge is 0.367 e. The fraction of sp³-hybridized carbons (Fsp3) is 0.290. The van der Waals surface area contributed by atoms with Crippen molar-refractivity contribution in [1.82, 2.24) is 0 Å². The number of oxime groups is 1. The lowest BCUT2D eigenvalue weighted by Crippen LogP contribution is -2.35. The summed E-state index contributed by atoms with van der Waals surface area (Å²) in [5.41, 5.74) is 1.79. The molecule has 38 heavy (non-hydrogen) atoms. The van der Waals surface area contributed by atoms with E-state index in [0.29, 0.717) is 23.1 Å². The first-order valence-electron chi connectivity index (χ1n) is 12.5. The van der Waals surface area contributed by atoms with Crippen LogP contribution >= 0.6 is 11.8 Å². The van der Waals surface area contributed by atoms with Crippen LogP contribution in [0.5, 0.6) is 0 Å². The Morgan fingerprint density at radius 1 is 0.868 bits per heavy atom. The van der Waals surface area contributed by atoms with E-state index >= 15 is 0 Å². The molecular formula is C31H33NO5S. The van der Waals surface area contributed by atoms with Gasteiger partial charge in [-0.15, -0.1) is 0 Å². The molecule has 0 N–H and O–H groups in total. The van der Waals surface area contributed by atoms with E-state index in [2.05, 4.69) is 5.16 Å². The van der Waals surface area contributed by atoms with Gasteiger partial charge in [-0.05, 0) is 87.7 Å². The maximum Gasteiger partial charge on any atom is 0.365 e. The summed E-state index contributed by atoms with van der Waals surface area (Å²) in [5.74, 6) is -0.947. The molecule has 198 valence electrons. The van der Waals surface area contributed by atoms with E-state index in [0.717, 1.165) is 28.2 Å². The second-order valence-electron chi connectivity index (χ2n) is 9.36. The molecule has 0 heterocycles. The van der Waals surface area contributed by atoms with Gasteiger partial charge in [-0.1, -0.05) is 54.5 Å². The first-order valence-corrected chi connectivity index (χ1v) is 13.3. The van der Waals surface area contributed by atoms with Crippen LogP contribution in [0.2, 0.25) is 0 Å². The Hall–Kier alpha value is -3.55. The minimum atomic E-state index is -1.16. The Kier molecular flexibility index (Phi) is 10.2. The number of carbonyl (C=O) groups is 3. The molecule has 0 atom stereocenters. The summed E-state index contributed by atoms with van der Waals surface area (Å²) in [6, 6.07) is 22.3. The summed E-state index contributed by atoms with van der Waals surface area (Å²) in [6.45, 7) is 7.09. The number of Topliss-reactive ketones (excluding diaryl/α,β-unsaturated/α-hetero) is 1. The summed E-state index contributed by atoms with van der Waals surface area (Å²) < 4.78 is 5.12. The van der Waals surface area contributed by atoms with Crippen molar-refractivity contribution in [1.29, 1.82) is 0 Å². The summed E-state index contributed by atoms with van der Waals surface area (Å²) in [5, 5.41) is 3.90.